The second-order valence-corrected chi connectivity index (χ2v) is 19.8. The number of hydrogen-bond acceptors (Lipinski definition) is 7. The maximum Gasteiger partial charge on any atom is 0.197 e. The number of thiophene rings is 3. The molecule has 5 heterocycles. The highest BCUT2D eigenvalue weighted by molar-refractivity contribution is 7.34. The Balaban J connectivity index is 1.23. The summed E-state index contributed by atoms with van der Waals surface area (Å²) in [5.41, 5.74) is 4.74. The molecule has 0 amide bonds. The Morgan fingerprint density at radius 3 is 1.33 bits per heavy atom. The lowest BCUT2D eigenvalue weighted by atomic mass is 9.99. The zero-order chi connectivity index (χ0) is 43.0. The molecule has 0 saturated carbocycles. The first-order valence-corrected chi connectivity index (χ1v) is 23.7. The van der Waals surface area contributed by atoms with E-state index in [1.807, 2.05) is 6.07 Å². The van der Waals surface area contributed by atoms with Gasteiger partial charge in [0, 0.05) is 45.1 Å². The fourth-order valence-electron chi connectivity index (χ4n) is 9.18. The zero-order valence-electron chi connectivity index (χ0n) is 34.7. The maximum atomic E-state index is 14.5. The maximum absolute atomic E-state index is 14.5. The molecule has 0 bridgehead atoms. The van der Waals surface area contributed by atoms with Crippen molar-refractivity contribution in [2.45, 2.75) is 99.1 Å². The van der Waals surface area contributed by atoms with Crippen molar-refractivity contribution >= 4 is 110 Å². The van der Waals surface area contributed by atoms with Crippen molar-refractivity contribution in [3.8, 4) is 0 Å². The van der Waals surface area contributed by atoms with Crippen LogP contribution in [0, 0.1) is 36.2 Å². The highest BCUT2D eigenvalue weighted by atomic mass is 32.1. The average Bonchev–Trinajstić information content (AvgIpc) is 4.10. The van der Waals surface area contributed by atoms with Crippen LogP contribution in [0.4, 0.5) is 13.2 Å². The fourth-order valence-corrected chi connectivity index (χ4v) is 13.0. The number of unbranched alkanes of at least 4 members (excludes halogenated alkanes) is 2. The molecule has 2 unspecified atom stereocenters. The summed E-state index contributed by atoms with van der Waals surface area (Å²) < 4.78 is 52.1. The number of aromatic nitrogens is 2. The molecule has 7 aromatic rings. The summed E-state index contributed by atoms with van der Waals surface area (Å²) in [4.78, 5) is 55.4. The van der Waals surface area contributed by atoms with Gasteiger partial charge in [-0.3, -0.25) is 19.2 Å². The molecule has 2 aromatic carbocycles. The molecule has 0 spiro atoms. The highest BCUT2D eigenvalue weighted by Gasteiger charge is 2.36. The lowest BCUT2D eigenvalue weighted by Crippen LogP contribution is -2.12. The minimum atomic E-state index is -1.17. The normalized spacial score (nSPS) is 15.9. The first-order valence-electron chi connectivity index (χ1n) is 21.3. The minimum absolute atomic E-state index is 0.0427. The molecule has 61 heavy (non-hydrogen) atoms. The van der Waals surface area contributed by atoms with E-state index >= 15 is 0 Å². The summed E-state index contributed by atoms with van der Waals surface area (Å²) in [7, 11) is 0. The highest BCUT2D eigenvalue weighted by Crippen LogP contribution is 2.50. The van der Waals surface area contributed by atoms with Gasteiger partial charge in [-0.25, -0.2) is 13.2 Å². The van der Waals surface area contributed by atoms with Crippen LogP contribution in [0.5, 0.6) is 0 Å². The molecule has 0 radical (unpaired) electrons. The van der Waals surface area contributed by atoms with E-state index in [0.717, 1.165) is 122 Å². The summed E-state index contributed by atoms with van der Waals surface area (Å²) in [5, 5.41) is 0. The van der Waals surface area contributed by atoms with Crippen LogP contribution < -0.4 is 0 Å². The number of ketones is 4. The molecule has 2 atom stereocenters. The number of fused-ring (bicyclic) bond motifs is 9. The molecular weight excluding hydrogens is 834 g/mol. The van der Waals surface area contributed by atoms with Gasteiger partial charge in [0.15, 0.2) is 34.8 Å². The van der Waals surface area contributed by atoms with Crippen molar-refractivity contribution in [2.75, 3.05) is 0 Å². The van der Waals surface area contributed by atoms with Crippen molar-refractivity contribution < 1.29 is 32.3 Å². The number of carbonyl (C=O) groups is 4. The Morgan fingerprint density at radius 1 is 0.541 bits per heavy atom. The summed E-state index contributed by atoms with van der Waals surface area (Å²) in [6.07, 6.45) is 11.8. The van der Waals surface area contributed by atoms with Crippen molar-refractivity contribution in [3.05, 3.63) is 103 Å². The zero-order valence-corrected chi connectivity index (χ0v) is 37.2. The van der Waals surface area contributed by atoms with E-state index in [2.05, 4.69) is 42.9 Å². The molecule has 9 rings (SSSR count). The lowest BCUT2D eigenvalue weighted by Gasteiger charge is -2.19. The van der Waals surface area contributed by atoms with E-state index < -0.39 is 34.8 Å². The molecule has 0 saturated heterocycles. The van der Waals surface area contributed by atoms with Gasteiger partial charge in [0.05, 0.1) is 52.0 Å². The van der Waals surface area contributed by atoms with Gasteiger partial charge in [-0.1, -0.05) is 66.2 Å². The number of aryl methyl sites for hydroxylation is 1. The number of rotatable bonds is 14. The number of nitrogens with zero attached hydrogens (tertiary/aromatic N) is 2. The van der Waals surface area contributed by atoms with Gasteiger partial charge in [-0.05, 0) is 85.7 Å². The third-order valence-electron chi connectivity index (χ3n) is 12.7. The molecule has 5 aromatic heterocycles. The van der Waals surface area contributed by atoms with E-state index in [4.69, 9.17) is 0 Å². The molecule has 6 nitrogen and oxygen atoms in total. The van der Waals surface area contributed by atoms with Crippen molar-refractivity contribution in [2.24, 2.45) is 11.8 Å². The Hall–Kier alpha value is -4.91. The SMILES string of the molecule is CCCCC(CC)Cn1c2cc(C=C3C(=O)c4cc(F)c(F)cc4C3=O)sc2c2sc3c4sc(/C=C5/C(=O)c6cc(C)c(F)cc6C5=O)cc4n(CC(CC)CCCC)c3c21. The topological polar surface area (TPSA) is 78.1 Å². The van der Waals surface area contributed by atoms with Gasteiger partial charge >= 0.3 is 0 Å². The van der Waals surface area contributed by atoms with Crippen LogP contribution in [-0.4, -0.2) is 32.3 Å². The third-order valence-corrected chi connectivity index (χ3v) is 16.4. The first kappa shape index (κ1) is 41.4. The summed E-state index contributed by atoms with van der Waals surface area (Å²) in [6.45, 7) is 12.1. The molecule has 2 aliphatic rings. The average molecular weight is 879 g/mol. The van der Waals surface area contributed by atoms with Crippen LogP contribution in [0.2, 0.25) is 0 Å². The van der Waals surface area contributed by atoms with Crippen LogP contribution in [0.25, 0.3) is 53.0 Å². The summed E-state index contributed by atoms with van der Waals surface area (Å²) in [5.74, 6) is -4.10. The Kier molecular flexibility index (Phi) is 10.9. The molecule has 0 fully saturated rings. The monoisotopic (exact) mass is 878 g/mol. The molecule has 0 N–H and O–H groups in total. The third kappa shape index (κ3) is 6.80. The Bertz CT molecular complexity index is 2790. The van der Waals surface area contributed by atoms with Crippen LogP contribution in [0.15, 0.2) is 47.5 Å². The van der Waals surface area contributed by atoms with E-state index in [1.54, 1.807) is 41.7 Å². The number of allylic oxidation sites excluding steroid dienone is 2. The molecule has 314 valence electrons. The Labute approximate surface area is 363 Å². The number of carbonyl (C=O) groups excluding carboxylic acids is 4. The van der Waals surface area contributed by atoms with Gasteiger partial charge in [0.1, 0.15) is 5.82 Å². The van der Waals surface area contributed by atoms with Crippen LogP contribution in [0.3, 0.4) is 0 Å². The second kappa shape index (κ2) is 16.1. The molecule has 12 heteroatoms. The van der Waals surface area contributed by atoms with Gasteiger partial charge in [0.2, 0.25) is 0 Å². The Morgan fingerprint density at radius 2 is 0.934 bits per heavy atom. The summed E-state index contributed by atoms with van der Waals surface area (Å²) in [6, 6.07) is 8.39. The predicted octanol–water partition coefficient (Wildman–Crippen LogP) is 14.2. The first-order chi connectivity index (χ1) is 29.4. The van der Waals surface area contributed by atoms with Gasteiger partial charge in [0.25, 0.3) is 0 Å². The molecule has 2 aliphatic carbocycles. The van der Waals surface area contributed by atoms with Gasteiger partial charge in [-0.15, -0.1) is 34.0 Å². The molecule has 0 aliphatic heterocycles. The quantitative estimate of drug-likeness (QED) is 0.0805. The van der Waals surface area contributed by atoms with Gasteiger partial charge in [-0.2, -0.15) is 0 Å². The number of hydrogen-bond donors (Lipinski definition) is 0. The lowest BCUT2D eigenvalue weighted by molar-refractivity contribution is 0.0975. The van der Waals surface area contributed by atoms with Gasteiger partial charge < -0.3 is 9.13 Å². The number of Topliss-reactive ketones (excluding diaryl/α,β-unsaturated/α-hetero) is 4. The van der Waals surface area contributed by atoms with E-state index in [1.165, 1.54) is 23.5 Å². The largest absolute Gasteiger partial charge is 0.337 e. The number of halogens is 3. The smallest absolute Gasteiger partial charge is 0.197 e. The van der Waals surface area contributed by atoms with Crippen LogP contribution in [-0.2, 0) is 13.1 Å². The van der Waals surface area contributed by atoms with E-state index in [9.17, 15) is 32.3 Å². The second-order valence-electron chi connectivity index (χ2n) is 16.6. The summed E-state index contributed by atoms with van der Waals surface area (Å²) >= 11 is 4.76. The predicted molar refractivity (Wildman–Crippen MR) is 243 cm³/mol. The van der Waals surface area contributed by atoms with Crippen molar-refractivity contribution in [1.82, 2.24) is 9.13 Å². The van der Waals surface area contributed by atoms with Crippen molar-refractivity contribution in [3.63, 3.8) is 0 Å². The minimum Gasteiger partial charge on any atom is -0.337 e. The molecular formula is C49H45F3N2O4S3. The van der Waals surface area contributed by atoms with Crippen LogP contribution in [0.1, 0.15) is 136 Å². The standard InChI is InChI=1S/C49H45F3N2O4S3/c1-6-10-12-25(8-3)22-53-38-17-27(15-33-42(55)29-14-24(5)35(50)19-30(29)43(33)56)59-46(38)48-40(53)41-49(61-48)47-39(54(41)23-26(9-4)13-11-7-2)18-28(60-47)16-34-44(57)31-20-36(51)37(52)21-32(31)45(34)58/h14-21,25-26H,6-13,22-23H2,1-5H3/b33-15-. The van der Waals surface area contributed by atoms with E-state index in [0.29, 0.717) is 22.3 Å². The number of benzene rings is 2. The fraction of sp³-hybridized carbons (Fsp3) is 0.347. The van der Waals surface area contributed by atoms with Crippen LogP contribution >= 0.6 is 34.0 Å². The van der Waals surface area contributed by atoms with Crippen molar-refractivity contribution in [1.29, 1.82) is 0 Å². The van der Waals surface area contributed by atoms with E-state index in [-0.39, 0.29) is 39.2 Å².